The van der Waals surface area contributed by atoms with Crippen molar-refractivity contribution in [3.63, 3.8) is 0 Å². The van der Waals surface area contributed by atoms with E-state index in [4.69, 9.17) is 24.3 Å². The van der Waals surface area contributed by atoms with Gasteiger partial charge in [-0.1, -0.05) is 81.5 Å². The lowest BCUT2D eigenvalue weighted by Crippen LogP contribution is -2.64. The number of amides is 6. The number of rotatable bonds is 30. The number of pyridine rings is 1. The third kappa shape index (κ3) is 17.0. The van der Waals surface area contributed by atoms with Crippen LogP contribution >= 0.6 is 11.3 Å². The average molecular weight is 1490 g/mol. The molecule has 4 bridgehead atoms. The number of imide groups is 1. The van der Waals surface area contributed by atoms with Crippen LogP contribution in [-0.4, -0.2) is 212 Å². The van der Waals surface area contributed by atoms with Crippen LogP contribution in [0.3, 0.4) is 0 Å². The molecule has 5 fully saturated rings. The van der Waals surface area contributed by atoms with Gasteiger partial charge in [0.25, 0.3) is 17.7 Å². The average Bonchev–Trinajstić information content (AvgIpc) is 0.787. The maximum absolute atomic E-state index is 14.5. The summed E-state index contributed by atoms with van der Waals surface area (Å²) in [5.41, 5.74) is 4.97. The molecule has 1 saturated heterocycles. The Morgan fingerprint density at radius 3 is 2.26 bits per heavy atom. The Bertz CT molecular complexity index is 4410. The van der Waals surface area contributed by atoms with E-state index in [-0.39, 0.29) is 79.8 Å². The molecule has 3 aliphatic heterocycles. The first-order valence-corrected chi connectivity index (χ1v) is 37.0. The van der Waals surface area contributed by atoms with Gasteiger partial charge < -0.3 is 70.4 Å². The van der Waals surface area contributed by atoms with Crippen molar-refractivity contribution in [3.8, 4) is 11.1 Å². The summed E-state index contributed by atoms with van der Waals surface area (Å²) >= 11 is 1.39. The number of Topliss-reactive ketones (excluding diaryl/α,β-unsaturated/α-hetero) is 1. The Morgan fingerprint density at radius 2 is 1.56 bits per heavy atom. The summed E-state index contributed by atoms with van der Waals surface area (Å²) in [6.07, 6.45) is -1.71. The van der Waals surface area contributed by atoms with Crippen molar-refractivity contribution in [1.82, 2.24) is 40.2 Å². The normalized spacial score (nSPS) is 25.2. The minimum Gasteiger partial charge on any atom is -0.479 e. The number of aliphatic carboxylic acids is 1. The number of aromatic carboxylic acids is 1. The first kappa shape index (κ1) is 77.2. The van der Waals surface area contributed by atoms with Crippen LogP contribution in [0.4, 0.5) is 15.7 Å². The van der Waals surface area contributed by atoms with Crippen molar-refractivity contribution < 1.29 is 93.1 Å². The number of fused-ring (bicyclic) bond motifs is 2. The van der Waals surface area contributed by atoms with Gasteiger partial charge in [0, 0.05) is 73.7 Å². The number of aliphatic hydroxyl groups excluding tert-OH is 5. The zero-order chi connectivity index (χ0) is 76.6. The summed E-state index contributed by atoms with van der Waals surface area (Å²) in [6, 6.07) is 19.5. The molecule has 6 amide bonds. The predicted molar refractivity (Wildman–Crippen MR) is 388 cm³/mol. The molecule has 13 rings (SSSR count). The number of thiazole rings is 1. The van der Waals surface area contributed by atoms with E-state index >= 15 is 0 Å². The maximum atomic E-state index is 14.5. The second-order valence-electron chi connectivity index (χ2n) is 30.9. The Kier molecular flexibility index (Phi) is 22.7. The first-order chi connectivity index (χ1) is 50.8. The lowest BCUT2D eigenvalue weighted by atomic mass is 9.39. The molecule has 30 heteroatoms. The van der Waals surface area contributed by atoms with E-state index in [0.717, 1.165) is 76.2 Å². The molecular weight excluding hydrogens is 1400 g/mol. The fourth-order valence-electron chi connectivity index (χ4n) is 17.8. The highest BCUT2D eigenvalue weighted by Crippen LogP contribution is 2.72. The number of aliphatic hydroxyl groups is 5. The Morgan fingerprint density at radius 1 is 0.822 bits per heavy atom. The lowest BCUT2D eigenvalue weighted by Gasteiger charge is -2.69. The Labute approximate surface area is 621 Å². The number of anilines is 2. The van der Waals surface area contributed by atoms with Gasteiger partial charge in [0.15, 0.2) is 22.7 Å². The lowest BCUT2D eigenvalue weighted by molar-refractivity contribution is -0.248. The van der Waals surface area contributed by atoms with E-state index in [1.54, 1.807) is 50.4 Å². The third-order valence-electron chi connectivity index (χ3n) is 21.9. The summed E-state index contributed by atoms with van der Waals surface area (Å²) < 4.78 is 21.7. The second-order valence-corrected chi connectivity index (χ2v) is 31.9. The molecule has 107 heavy (non-hydrogen) atoms. The monoisotopic (exact) mass is 1490 g/mol. The van der Waals surface area contributed by atoms with Crippen molar-refractivity contribution in [2.75, 3.05) is 49.6 Å². The van der Waals surface area contributed by atoms with Gasteiger partial charge in [-0.05, 0) is 158 Å². The van der Waals surface area contributed by atoms with Crippen LogP contribution in [0.2, 0.25) is 0 Å². The van der Waals surface area contributed by atoms with E-state index in [9.17, 15) is 78.9 Å². The number of nitrogens with zero attached hydrogens (tertiary/aromatic N) is 7. The number of carboxylic acid groups (broad SMARTS) is 2. The fourth-order valence-corrected chi connectivity index (χ4v) is 18.7. The second kappa shape index (κ2) is 31.4. The molecule has 0 spiro atoms. The zero-order valence-electron chi connectivity index (χ0n) is 60.6. The van der Waals surface area contributed by atoms with Crippen LogP contribution in [-0.2, 0) is 81.9 Å². The minimum absolute atomic E-state index is 0.00581. The molecule has 4 saturated carbocycles. The number of para-hydroxylation sites is 1. The summed E-state index contributed by atoms with van der Waals surface area (Å²) in [5.74, 6) is -6.38. The van der Waals surface area contributed by atoms with Gasteiger partial charge in [-0.3, -0.25) is 43.7 Å². The summed E-state index contributed by atoms with van der Waals surface area (Å²) in [4.78, 5) is 132. The topological polar surface area (TPSA) is 412 Å². The number of hydrogen-bond acceptors (Lipinski definition) is 22. The van der Waals surface area contributed by atoms with E-state index in [2.05, 4.69) is 34.8 Å². The first-order valence-electron chi connectivity index (χ1n) is 36.2. The van der Waals surface area contributed by atoms with E-state index in [1.165, 1.54) is 23.2 Å². The van der Waals surface area contributed by atoms with Gasteiger partial charge in [-0.2, -0.15) is 5.10 Å². The number of ether oxygens (including phenoxy) is 3. The number of aromatic nitrogens is 4. The van der Waals surface area contributed by atoms with Gasteiger partial charge in [0.05, 0.1) is 53.5 Å². The molecule has 2 unspecified atom stereocenters. The van der Waals surface area contributed by atoms with E-state index < -0.39 is 121 Å². The predicted octanol–water partition coefficient (Wildman–Crippen LogP) is 5.44. The molecule has 570 valence electrons. The van der Waals surface area contributed by atoms with Crippen LogP contribution in [0.25, 0.3) is 21.3 Å². The fraction of sp³-hybridized carbons (Fsp3) is 0.506. The van der Waals surface area contributed by atoms with Crippen LogP contribution in [0.15, 0.2) is 91.1 Å². The van der Waals surface area contributed by atoms with Crippen LogP contribution in [0, 0.1) is 29.1 Å². The van der Waals surface area contributed by atoms with Gasteiger partial charge >= 0.3 is 18.0 Å². The van der Waals surface area contributed by atoms with Gasteiger partial charge in [-0.25, -0.2) is 24.4 Å². The number of aryl methyl sites for hydroxylation is 1. The summed E-state index contributed by atoms with van der Waals surface area (Å²) in [6.45, 7) is 11.2. The molecule has 3 aromatic carbocycles. The maximum Gasteiger partial charge on any atom is 0.410 e. The van der Waals surface area contributed by atoms with Crippen molar-refractivity contribution in [3.05, 3.63) is 136 Å². The SMILES string of the molecule is Cc1c(-c2ccc(N3CCc4cccc(C(=O)Nc5nc6ccccc6s5)c4C3)nc2C(=O)O)cnn1CC12CC3(C)CC(C)(C1)CC(OCCN(CC[C@H](O)CO)C(=O)OCc1ccc(CC(=O)[C@H](C)NC(=O)[C@@H](NC(=O)CN4C(=O)C=CC4=O)C(C)C)cc1CC[C@@H]1O[C@H](C(=O)O)[C@@H](O)[C@H](O)[C@H]1O)(C3)C2. The number of hydrogen-bond donors (Lipinski definition) is 10. The number of carbonyl (C=O) groups is 9. The quantitative estimate of drug-likeness (QED) is 0.0251. The third-order valence-corrected chi connectivity index (χ3v) is 22.9. The van der Waals surface area contributed by atoms with E-state index in [1.807, 2.05) is 59.0 Å². The zero-order valence-corrected chi connectivity index (χ0v) is 61.4. The van der Waals surface area contributed by atoms with Gasteiger partial charge in [-0.15, -0.1) is 0 Å². The molecule has 3 aromatic heterocycles. The molecule has 0 radical (unpaired) electrons. The summed E-state index contributed by atoms with van der Waals surface area (Å²) in [5, 5.41) is 86.8. The largest absolute Gasteiger partial charge is 0.479 e. The van der Waals surface area contributed by atoms with Crippen molar-refractivity contribution >= 4 is 85.9 Å². The number of ketones is 1. The highest BCUT2D eigenvalue weighted by Gasteiger charge is 2.66. The highest BCUT2D eigenvalue weighted by atomic mass is 32.1. The summed E-state index contributed by atoms with van der Waals surface area (Å²) in [7, 11) is 0. The molecule has 29 nitrogen and oxygen atoms in total. The van der Waals surface area contributed by atoms with Crippen LogP contribution in [0.5, 0.6) is 0 Å². The number of carboxylic acids is 2. The molecule has 10 N–H and O–H groups in total. The van der Waals surface area contributed by atoms with Gasteiger partial charge in [0.2, 0.25) is 11.8 Å². The molecule has 7 aliphatic rings. The van der Waals surface area contributed by atoms with Crippen molar-refractivity contribution in [2.45, 2.75) is 186 Å². The smallest absolute Gasteiger partial charge is 0.410 e. The molecule has 10 atom stereocenters. The molecule has 6 heterocycles. The minimum atomic E-state index is -1.94. The van der Waals surface area contributed by atoms with E-state index in [0.29, 0.717) is 76.8 Å². The Balaban J connectivity index is 0.714. The van der Waals surface area contributed by atoms with Gasteiger partial charge in [0.1, 0.15) is 43.3 Å². The molecular formula is C77H92N10O19S. The Hall–Kier alpha value is -9.40. The van der Waals surface area contributed by atoms with Crippen molar-refractivity contribution in [2.24, 2.45) is 22.2 Å². The highest BCUT2D eigenvalue weighted by molar-refractivity contribution is 7.22. The van der Waals surface area contributed by atoms with Crippen molar-refractivity contribution in [1.29, 1.82) is 0 Å². The molecule has 6 aromatic rings. The van der Waals surface area contributed by atoms with Crippen LogP contribution in [0.1, 0.15) is 140 Å². The number of carbonyl (C=O) groups excluding carboxylic acids is 7. The standard InChI is InChI=1S/C77H92N10O19S/c1-42(2)62(82-59(91)32-86-60(92)20-21-61(86)93)69(98)79-43(3)55(90)29-45-14-15-48(47(28-45)16-18-56-64(94)65(95)66(96)67(106-56)71(101)102)34-104-73(103)84(25-23-49(89)33-88)26-27-105-77-38-74(5)35-75(6,39-77)37-76(36-74,40-77)41-87-44(4)52(30-78-87)50-17-19-58(81-63(50)70(99)100)85-24-22-46-10-9-11-51(53(46)31-85)68(97)83-72-80-54-12-7-8-13-57(54)107-72/h7-15,17,19-21,28,30,42-43,49,56,62,64-67,88-89,94-96H,16,18,22-27,29,31-41H2,1-6H3,(H,79,98)(H,82,91)(H,99,100)(H,101,102)(H,80,83,97)/t43-,49-,56-,62-,64-,65+,66-,67-,74?,75?,76?,77?/m0/s1. The number of nitrogens with one attached hydrogen (secondary N) is 3. The molecule has 4 aliphatic carbocycles. The number of benzene rings is 3. The van der Waals surface area contributed by atoms with Crippen LogP contribution < -0.4 is 20.9 Å².